The van der Waals surface area contributed by atoms with Crippen molar-refractivity contribution in [2.24, 2.45) is 0 Å². The van der Waals surface area contributed by atoms with Crippen molar-refractivity contribution in [2.75, 3.05) is 6.54 Å². The molecule has 24 heavy (non-hydrogen) atoms. The number of nitrogens with zero attached hydrogens (tertiary/aromatic N) is 1. The summed E-state index contributed by atoms with van der Waals surface area (Å²) in [5, 5.41) is 0. The van der Waals surface area contributed by atoms with Gasteiger partial charge in [-0.05, 0) is 6.42 Å². The number of amides is 2. The summed E-state index contributed by atoms with van der Waals surface area (Å²) in [6.45, 7) is 2.85. The molecule has 0 saturated heterocycles. The van der Waals surface area contributed by atoms with Crippen LogP contribution >= 0.6 is 0 Å². The molecular formula is C20H38N2O2. The molecule has 0 aliphatic carbocycles. The lowest BCUT2D eigenvalue weighted by atomic mass is 10.0. The van der Waals surface area contributed by atoms with Crippen LogP contribution in [-0.4, -0.2) is 23.3 Å². The highest BCUT2D eigenvalue weighted by Crippen LogP contribution is 2.13. The van der Waals surface area contributed by atoms with Gasteiger partial charge in [-0.25, -0.2) is 0 Å². The number of imide groups is 1. The second-order valence-corrected chi connectivity index (χ2v) is 6.76. The Hall–Kier alpha value is -1.16. The molecule has 1 aliphatic heterocycles. The molecule has 1 aliphatic rings. The molecule has 0 aromatic carbocycles. The standard InChI is InChI=1S/C20H35NO2.H3N/c1-2-3-4-5-6-7-8-9-10-11-12-13-14-15-18-21-19(22)16-17-20(21)23;/h16-17H,2-15,18H2,1H3;1H3. The monoisotopic (exact) mass is 338 g/mol. The summed E-state index contributed by atoms with van der Waals surface area (Å²) in [7, 11) is 0. The maximum atomic E-state index is 11.4. The number of carbonyl (C=O) groups excluding carboxylic acids is 2. The van der Waals surface area contributed by atoms with E-state index in [2.05, 4.69) is 6.92 Å². The Morgan fingerprint density at radius 3 is 1.33 bits per heavy atom. The van der Waals surface area contributed by atoms with Crippen LogP contribution < -0.4 is 6.15 Å². The van der Waals surface area contributed by atoms with Gasteiger partial charge in [-0.3, -0.25) is 14.5 Å². The Labute approximate surface area is 148 Å². The van der Waals surface area contributed by atoms with Crippen molar-refractivity contribution in [3.8, 4) is 0 Å². The van der Waals surface area contributed by atoms with E-state index < -0.39 is 0 Å². The van der Waals surface area contributed by atoms with Gasteiger partial charge in [0, 0.05) is 18.7 Å². The molecule has 0 aromatic heterocycles. The van der Waals surface area contributed by atoms with Crippen LogP contribution in [0.5, 0.6) is 0 Å². The van der Waals surface area contributed by atoms with Gasteiger partial charge in [0.05, 0.1) is 0 Å². The normalized spacial score (nSPS) is 13.6. The van der Waals surface area contributed by atoms with E-state index in [4.69, 9.17) is 0 Å². The Balaban J connectivity index is 0.00000529. The highest BCUT2D eigenvalue weighted by Gasteiger charge is 2.21. The zero-order valence-corrected chi connectivity index (χ0v) is 15.7. The van der Waals surface area contributed by atoms with Crippen LogP contribution in [0, 0.1) is 0 Å². The van der Waals surface area contributed by atoms with E-state index in [9.17, 15) is 9.59 Å². The first-order chi connectivity index (χ1) is 11.3. The summed E-state index contributed by atoms with van der Waals surface area (Å²) in [5.41, 5.74) is 0. The molecule has 0 atom stereocenters. The summed E-state index contributed by atoms with van der Waals surface area (Å²) in [4.78, 5) is 24.1. The Bertz CT molecular complexity index is 349. The summed E-state index contributed by atoms with van der Waals surface area (Å²) in [6.07, 6.45) is 21.2. The zero-order valence-electron chi connectivity index (χ0n) is 15.7. The Morgan fingerprint density at radius 1 is 0.625 bits per heavy atom. The molecule has 3 N–H and O–H groups in total. The molecule has 0 saturated carbocycles. The van der Waals surface area contributed by atoms with Crippen molar-refractivity contribution in [1.82, 2.24) is 11.1 Å². The van der Waals surface area contributed by atoms with Gasteiger partial charge < -0.3 is 6.15 Å². The van der Waals surface area contributed by atoms with Gasteiger partial charge in [-0.15, -0.1) is 0 Å². The number of carbonyl (C=O) groups is 2. The lowest BCUT2D eigenvalue weighted by molar-refractivity contribution is -0.136. The van der Waals surface area contributed by atoms with Gasteiger partial charge in [0.2, 0.25) is 0 Å². The van der Waals surface area contributed by atoms with Crippen LogP contribution in [0.15, 0.2) is 12.2 Å². The minimum absolute atomic E-state index is 0. The predicted molar refractivity (Wildman–Crippen MR) is 101 cm³/mol. The highest BCUT2D eigenvalue weighted by atomic mass is 16.2. The number of hydrogen-bond acceptors (Lipinski definition) is 3. The second-order valence-electron chi connectivity index (χ2n) is 6.76. The van der Waals surface area contributed by atoms with Crippen molar-refractivity contribution in [1.29, 1.82) is 0 Å². The summed E-state index contributed by atoms with van der Waals surface area (Å²) < 4.78 is 0. The first-order valence-corrected chi connectivity index (χ1v) is 9.79. The smallest absolute Gasteiger partial charge is 0.253 e. The number of unbranched alkanes of at least 4 members (excludes halogenated alkanes) is 13. The molecule has 0 spiro atoms. The molecule has 4 heteroatoms. The summed E-state index contributed by atoms with van der Waals surface area (Å²) in [6, 6.07) is 0. The lowest BCUT2D eigenvalue weighted by Gasteiger charge is -2.12. The third kappa shape index (κ3) is 10.6. The van der Waals surface area contributed by atoms with Gasteiger partial charge in [-0.1, -0.05) is 90.4 Å². The van der Waals surface area contributed by atoms with Gasteiger partial charge in [0.1, 0.15) is 0 Å². The van der Waals surface area contributed by atoms with Crippen molar-refractivity contribution < 1.29 is 9.59 Å². The third-order valence-corrected chi connectivity index (χ3v) is 4.64. The van der Waals surface area contributed by atoms with Crippen LogP contribution in [0.1, 0.15) is 96.8 Å². The van der Waals surface area contributed by atoms with E-state index in [-0.39, 0.29) is 18.0 Å². The molecule has 0 bridgehead atoms. The van der Waals surface area contributed by atoms with Gasteiger partial charge in [0.25, 0.3) is 11.8 Å². The minimum Gasteiger partial charge on any atom is -0.344 e. The molecule has 0 fully saturated rings. The average molecular weight is 339 g/mol. The molecule has 1 heterocycles. The van der Waals surface area contributed by atoms with Crippen molar-refractivity contribution in [3.05, 3.63) is 12.2 Å². The largest absolute Gasteiger partial charge is 0.344 e. The molecule has 0 aromatic rings. The van der Waals surface area contributed by atoms with Gasteiger partial charge in [0.15, 0.2) is 0 Å². The van der Waals surface area contributed by atoms with E-state index in [0.717, 1.165) is 12.8 Å². The molecular weight excluding hydrogens is 300 g/mol. The van der Waals surface area contributed by atoms with Crippen LogP contribution in [-0.2, 0) is 9.59 Å². The first kappa shape index (κ1) is 22.8. The van der Waals surface area contributed by atoms with E-state index in [1.54, 1.807) is 0 Å². The number of hydrogen-bond donors (Lipinski definition) is 1. The lowest BCUT2D eigenvalue weighted by Crippen LogP contribution is -2.30. The van der Waals surface area contributed by atoms with Crippen molar-refractivity contribution >= 4 is 11.8 Å². The van der Waals surface area contributed by atoms with Crippen LogP contribution in [0.4, 0.5) is 0 Å². The SMILES string of the molecule is CCCCCCCCCCCCCCCCN1C(=O)C=CC1=O.N. The van der Waals surface area contributed by atoms with E-state index in [1.165, 1.54) is 94.1 Å². The van der Waals surface area contributed by atoms with Crippen LogP contribution in [0.25, 0.3) is 0 Å². The fraction of sp³-hybridized carbons (Fsp3) is 0.800. The second kappa shape index (κ2) is 15.4. The number of rotatable bonds is 15. The van der Waals surface area contributed by atoms with Crippen molar-refractivity contribution in [2.45, 2.75) is 96.8 Å². The third-order valence-electron chi connectivity index (χ3n) is 4.64. The average Bonchev–Trinajstić information content (AvgIpc) is 2.86. The van der Waals surface area contributed by atoms with E-state index in [0.29, 0.717) is 6.54 Å². The van der Waals surface area contributed by atoms with Crippen LogP contribution in [0.2, 0.25) is 0 Å². The van der Waals surface area contributed by atoms with Gasteiger partial charge in [-0.2, -0.15) is 0 Å². The highest BCUT2D eigenvalue weighted by molar-refractivity contribution is 6.12. The van der Waals surface area contributed by atoms with Gasteiger partial charge >= 0.3 is 0 Å². The first-order valence-electron chi connectivity index (χ1n) is 9.79. The Kier molecular flexibility index (Phi) is 14.6. The molecule has 4 nitrogen and oxygen atoms in total. The Morgan fingerprint density at radius 2 is 0.958 bits per heavy atom. The maximum absolute atomic E-state index is 11.4. The quantitative estimate of drug-likeness (QED) is 0.314. The molecule has 140 valence electrons. The van der Waals surface area contributed by atoms with Crippen molar-refractivity contribution in [3.63, 3.8) is 0 Å². The molecule has 2 amide bonds. The maximum Gasteiger partial charge on any atom is 0.253 e. The van der Waals surface area contributed by atoms with E-state index in [1.807, 2.05) is 0 Å². The van der Waals surface area contributed by atoms with Crippen LogP contribution in [0.3, 0.4) is 0 Å². The van der Waals surface area contributed by atoms with E-state index >= 15 is 0 Å². The minimum atomic E-state index is -0.148. The predicted octanol–water partition coefficient (Wildman–Crippen LogP) is 5.55. The molecule has 0 unspecified atom stereocenters. The topological polar surface area (TPSA) is 72.4 Å². The summed E-state index contributed by atoms with van der Waals surface area (Å²) >= 11 is 0. The molecule has 1 rings (SSSR count). The molecule has 0 radical (unpaired) electrons. The zero-order chi connectivity index (χ0) is 16.8. The fourth-order valence-electron chi connectivity index (χ4n) is 3.12. The fourth-order valence-corrected chi connectivity index (χ4v) is 3.12. The summed E-state index contributed by atoms with van der Waals surface area (Å²) in [5.74, 6) is -0.297.